The smallest absolute Gasteiger partial charge is 0.235 e. The van der Waals surface area contributed by atoms with E-state index in [2.05, 4.69) is 346 Å². The molecule has 4 heterocycles. The molecule has 6 nitrogen and oxygen atoms in total. The van der Waals surface area contributed by atoms with E-state index in [4.69, 9.17) is 9.97 Å². The van der Waals surface area contributed by atoms with E-state index in [0.29, 0.717) is 5.95 Å². The minimum Gasteiger partial charge on any atom is -0.310 e. The summed E-state index contributed by atoms with van der Waals surface area (Å²) in [5.41, 5.74) is 22.8. The first-order valence-electron chi connectivity index (χ1n) is 30.0. The summed E-state index contributed by atoms with van der Waals surface area (Å²) < 4.78 is 7.01. The number of nitrogens with zero attached hydrogens (tertiary/aromatic N) is 6. The second-order valence-corrected chi connectivity index (χ2v) is 22.6. The topological polar surface area (TPSA) is 43.8 Å². The Balaban J connectivity index is 0.779. The van der Waals surface area contributed by atoms with Crippen molar-refractivity contribution < 1.29 is 0 Å². The summed E-state index contributed by atoms with van der Waals surface area (Å²) in [5, 5.41) is 7.05. The molecule has 0 radical (unpaired) electrons. The minimum atomic E-state index is 0.606. The molecule has 17 rings (SSSR count). The predicted octanol–water partition coefficient (Wildman–Crippen LogP) is 21.6. The van der Waals surface area contributed by atoms with Crippen LogP contribution in [0.25, 0.3) is 139 Å². The molecule has 0 amide bonds. The molecule has 6 heteroatoms. The third-order valence-electron chi connectivity index (χ3n) is 17.5. The van der Waals surface area contributed by atoms with Gasteiger partial charge in [-0.15, -0.1) is 0 Å². The number of benzene rings is 13. The highest BCUT2D eigenvalue weighted by molar-refractivity contribution is 6.13. The summed E-state index contributed by atoms with van der Waals surface area (Å²) in [4.78, 5) is 13.4. The normalized spacial score (nSPS) is 11.6. The summed E-state index contributed by atoms with van der Waals surface area (Å²) in [6.45, 7) is 0. The van der Waals surface area contributed by atoms with Crippen molar-refractivity contribution in [1.29, 1.82) is 0 Å². The van der Waals surface area contributed by atoms with Gasteiger partial charge in [0.05, 0.1) is 44.5 Å². The number of aromatic nitrogens is 5. The summed E-state index contributed by atoms with van der Waals surface area (Å²) in [5.74, 6) is 0.606. The van der Waals surface area contributed by atoms with Gasteiger partial charge < -0.3 is 14.0 Å². The zero-order chi connectivity index (χ0) is 58.1. The summed E-state index contributed by atoms with van der Waals surface area (Å²) in [6.07, 6.45) is 0. The van der Waals surface area contributed by atoms with E-state index < -0.39 is 0 Å². The maximum absolute atomic E-state index is 5.56. The highest BCUT2D eigenvalue weighted by atomic mass is 15.2. The van der Waals surface area contributed by atoms with Crippen molar-refractivity contribution >= 4 is 82.5 Å². The maximum Gasteiger partial charge on any atom is 0.235 e. The van der Waals surface area contributed by atoms with Crippen LogP contribution in [0.15, 0.2) is 328 Å². The van der Waals surface area contributed by atoms with Crippen molar-refractivity contribution in [1.82, 2.24) is 23.7 Å². The standard InChI is InChI=1S/C82H54N6/c1-5-20-55(21-6-1)57-36-42-64(43-37-57)85(65-44-38-58(39-45-65)56-22-7-2-8-23-56)67-46-49-80-73(53-67)70-32-14-17-34-77(70)87(80)66-29-19-26-62(50-66)75-54-74(59-24-9-3-10-25-59)83-82(84-75)88-78-35-18-15-31-69(78)72-52-61(41-48-81(72)88)60-40-47-79-71(51-60)68-30-13-16-33-76(68)86(79)63-27-11-4-12-28-63/h1-54H. The highest BCUT2D eigenvalue weighted by Crippen LogP contribution is 2.43. The molecule has 0 unspecified atom stereocenters. The molecule has 0 saturated carbocycles. The van der Waals surface area contributed by atoms with Crippen molar-refractivity contribution in [3.8, 4) is 73.2 Å². The van der Waals surface area contributed by atoms with Gasteiger partial charge in [0.1, 0.15) is 0 Å². The summed E-state index contributed by atoms with van der Waals surface area (Å²) in [6, 6.07) is 118. The Morgan fingerprint density at radius 1 is 0.205 bits per heavy atom. The molecule has 0 atom stereocenters. The fourth-order valence-electron chi connectivity index (χ4n) is 13.3. The average molecular weight is 1120 g/mol. The first kappa shape index (κ1) is 50.6. The third-order valence-corrected chi connectivity index (χ3v) is 17.5. The Bertz CT molecular complexity index is 5390. The van der Waals surface area contributed by atoms with Crippen LogP contribution in [0.4, 0.5) is 17.1 Å². The van der Waals surface area contributed by atoms with E-state index in [1.165, 1.54) is 49.4 Å². The minimum absolute atomic E-state index is 0.606. The Morgan fingerprint density at radius 3 is 1.09 bits per heavy atom. The second-order valence-electron chi connectivity index (χ2n) is 22.6. The first-order chi connectivity index (χ1) is 43.6. The fraction of sp³-hybridized carbons (Fsp3) is 0. The van der Waals surface area contributed by atoms with Gasteiger partial charge in [-0.2, -0.15) is 0 Å². The van der Waals surface area contributed by atoms with Crippen LogP contribution in [0, 0.1) is 0 Å². The van der Waals surface area contributed by atoms with Crippen LogP contribution >= 0.6 is 0 Å². The first-order valence-corrected chi connectivity index (χ1v) is 30.0. The van der Waals surface area contributed by atoms with Gasteiger partial charge in [0.2, 0.25) is 5.95 Å². The molecule has 0 aliphatic carbocycles. The van der Waals surface area contributed by atoms with E-state index in [9.17, 15) is 0 Å². The molecule has 17 aromatic rings. The van der Waals surface area contributed by atoms with Crippen LogP contribution < -0.4 is 4.90 Å². The Morgan fingerprint density at radius 2 is 0.557 bits per heavy atom. The lowest BCUT2D eigenvalue weighted by molar-refractivity contribution is 0.995. The SMILES string of the molecule is c1ccc(-c2ccc(N(c3ccc(-c4ccccc4)cc3)c3ccc4c(c3)c3ccccc3n4-c3cccc(-c4cc(-c5ccccc5)nc(-n5c6ccccc6c6cc(-c7ccc8c(c7)c7ccccc7n8-c7ccccc7)ccc65)n4)c3)cc2)cc1. The van der Waals surface area contributed by atoms with Crippen molar-refractivity contribution in [3.63, 3.8) is 0 Å². The van der Waals surface area contributed by atoms with E-state index >= 15 is 0 Å². The lowest BCUT2D eigenvalue weighted by Gasteiger charge is -2.26. The molecule has 0 aliphatic heterocycles. The highest BCUT2D eigenvalue weighted by Gasteiger charge is 2.22. The Labute approximate surface area is 509 Å². The quantitative estimate of drug-likeness (QED) is 0.130. The fourth-order valence-corrected chi connectivity index (χ4v) is 13.3. The molecule has 0 N–H and O–H groups in total. The van der Waals surface area contributed by atoms with Crippen LogP contribution in [0.3, 0.4) is 0 Å². The Hall–Kier alpha value is -11.9. The van der Waals surface area contributed by atoms with Crippen molar-refractivity contribution in [2.45, 2.75) is 0 Å². The molecule has 0 bridgehead atoms. The van der Waals surface area contributed by atoms with Crippen LogP contribution in [0.1, 0.15) is 0 Å². The van der Waals surface area contributed by atoms with Gasteiger partial charge in [-0.25, -0.2) is 9.97 Å². The lowest BCUT2D eigenvalue weighted by Crippen LogP contribution is -2.10. The molecule has 0 fully saturated rings. The molecule has 0 saturated heterocycles. The Kier molecular flexibility index (Phi) is 12.1. The predicted molar refractivity (Wildman–Crippen MR) is 367 cm³/mol. The van der Waals surface area contributed by atoms with Gasteiger partial charge >= 0.3 is 0 Å². The number of para-hydroxylation sites is 4. The van der Waals surface area contributed by atoms with Gasteiger partial charge in [-0.3, -0.25) is 4.57 Å². The molecule has 0 aliphatic rings. The number of anilines is 3. The molecule has 412 valence electrons. The van der Waals surface area contributed by atoms with Crippen LogP contribution in [-0.2, 0) is 0 Å². The van der Waals surface area contributed by atoms with Crippen molar-refractivity contribution in [2.24, 2.45) is 0 Å². The van der Waals surface area contributed by atoms with Gasteiger partial charge in [-0.05, 0) is 149 Å². The zero-order valence-electron chi connectivity index (χ0n) is 47.9. The molecular formula is C82H54N6. The molecule has 88 heavy (non-hydrogen) atoms. The number of hydrogen-bond acceptors (Lipinski definition) is 3. The number of rotatable bonds is 11. The second kappa shape index (κ2) is 21.0. The van der Waals surface area contributed by atoms with Gasteiger partial charge in [0.15, 0.2) is 0 Å². The van der Waals surface area contributed by atoms with E-state index in [0.717, 1.165) is 100 Å². The molecule has 13 aromatic carbocycles. The van der Waals surface area contributed by atoms with Gasteiger partial charge in [-0.1, -0.05) is 212 Å². The monoisotopic (exact) mass is 1120 g/mol. The van der Waals surface area contributed by atoms with Crippen molar-refractivity contribution in [3.05, 3.63) is 328 Å². The van der Waals surface area contributed by atoms with E-state index in [-0.39, 0.29) is 0 Å². The largest absolute Gasteiger partial charge is 0.310 e. The lowest BCUT2D eigenvalue weighted by atomic mass is 10.0. The van der Waals surface area contributed by atoms with Gasteiger partial charge in [0, 0.05) is 71.9 Å². The van der Waals surface area contributed by atoms with Crippen molar-refractivity contribution in [2.75, 3.05) is 4.90 Å². The molecule has 4 aromatic heterocycles. The van der Waals surface area contributed by atoms with Crippen LogP contribution in [-0.4, -0.2) is 23.7 Å². The van der Waals surface area contributed by atoms with E-state index in [1.807, 2.05) is 0 Å². The van der Waals surface area contributed by atoms with E-state index in [1.54, 1.807) is 0 Å². The molecule has 0 spiro atoms. The maximum atomic E-state index is 5.56. The zero-order valence-corrected chi connectivity index (χ0v) is 47.9. The van der Waals surface area contributed by atoms with Crippen LogP contribution in [0.2, 0.25) is 0 Å². The number of hydrogen-bond donors (Lipinski definition) is 0. The van der Waals surface area contributed by atoms with Crippen LogP contribution in [0.5, 0.6) is 0 Å². The average Bonchev–Trinajstić information content (AvgIpc) is 1.87. The summed E-state index contributed by atoms with van der Waals surface area (Å²) >= 11 is 0. The number of fused-ring (bicyclic) bond motifs is 9. The van der Waals surface area contributed by atoms with Gasteiger partial charge in [0.25, 0.3) is 0 Å². The summed E-state index contributed by atoms with van der Waals surface area (Å²) in [7, 11) is 0. The third kappa shape index (κ3) is 8.65. The molecular weight excluding hydrogens is 1070 g/mol.